The fourth-order valence-electron chi connectivity index (χ4n) is 5.48. The third-order valence-electron chi connectivity index (χ3n) is 8.10. The Morgan fingerprint density at radius 2 is 1.64 bits per heavy atom. The van der Waals surface area contributed by atoms with Crippen molar-refractivity contribution in [2.45, 2.75) is 48.0 Å². The first-order chi connectivity index (χ1) is 24.2. The van der Waals surface area contributed by atoms with E-state index >= 15 is 0 Å². The highest BCUT2D eigenvalue weighted by Gasteiger charge is 2.18. The van der Waals surface area contributed by atoms with E-state index in [9.17, 15) is 9.18 Å². The number of halogens is 1. The average Bonchev–Trinajstić information content (AvgIpc) is 3.73. The Bertz CT molecular complexity index is 2280. The standard InChI is InChI=1S/C39H34FN5O2S3/c1-39(2,3)26-14-17-29(18-15-26)47-22-35-43-44-37(45(35)28-9-5-4-6-10-28)48-24-36(46)41-27-16-20-33-34(21-27)50-38(42-33)49-23-25-13-19-32(40)31-12-8-7-11-30(25)31/h4-21H,22-24H2,1-3H3,(H,41,46). The summed E-state index contributed by atoms with van der Waals surface area (Å²) in [7, 11) is 0. The van der Waals surface area contributed by atoms with Crippen LogP contribution >= 0.6 is 34.9 Å². The lowest BCUT2D eigenvalue weighted by Gasteiger charge is -2.19. The number of rotatable bonds is 11. The van der Waals surface area contributed by atoms with Crippen LogP contribution in [0.3, 0.4) is 0 Å². The minimum absolute atomic E-state index is 0.0600. The monoisotopic (exact) mass is 719 g/mol. The number of hydrogen-bond donors (Lipinski definition) is 1. The summed E-state index contributed by atoms with van der Waals surface area (Å²) in [4.78, 5) is 17.9. The molecular weight excluding hydrogens is 686 g/mol. The molecule has 2 heterocycles. The zero-order chi connectivity index (χ0) is 34.7. The Balaban J connectivity index is 0.995. The third kappa shape index (κ3) is 7.70. The Morgan fingerprint density at radius 3 is 2.42 bits per heavy atom. The van der Waals surface area contributed by atoms with Gasteiger partial charge in [0.15, 0.2) is 15.3 Å². The van der Waals surface area contributed by atoms with Crippen LogP contribution in [0, 0.1) is 5.82 Å². The van der Waals surface area contributed by atoms with Crippen molar-refractivity contribution in [3.8, 4) is 11.4 Å². The van der Waals surface area contributed by atoms with Gasteiger partial charge in [-0.05, 0) is 70.5 Å². The maximum Gasteiger partial charge on any atom is 0.234 e. The molecule has 2 aromatic heterocycles. The van der Waals surface area contributed by atoms with Crippen molar-refractivity contribution in [1.82, 2.24) is 19.7 Å². The number of aromatic nitrogens is 4. The van der Waals surface area contributed by atoms with E-state index in [2.05, 4.69) is 48.4 Å². The summed E-state index contributed by atoms with van der Waals surface area (Å²) in [6.07, 6.45) is 0. The zero-order valence-electron chi connectivity index (χ0n) is 27.7. The van der Waals surface area contributed by atoms with E-state index in [0.717, 1.165) is 36.9 Å². The highest BCUT2D eigenvalue weighted by atomic mass is 32.2. The molecular formula is C39H34FN5O2S3. The second kappa shape index (κ2) is 14.6. The summed E-state index contributed by atoms with van der Waals surface area (Å²) < 4.78 is 24.2. The predicted octanol–water partition coefficient (Wildman–Crippen LogP) is 10.1. The summed E-state index contributed by atoms with van der Waals surface area (Å²) in [5.74, 6) is 1.83. The van der Waals surface area contributed by atoms with Gasteiger partial charge in [0, 0.05) is 22.5 Å². The number of para-hydroxylation sites is 1. The summed E-state index contributed by atoms with van der Waals surface area (Å²) in [5.41, 5.74) is 4.81. The number of benzene rings is 5. The number of thiazole rings is 1. The molecule has 7 nitrogen and oxygen atoms in total. The summed E-state index contributed by atoms with van der Waals surface area (Å²) in [6.45, 7) is 6.76. The van der Waals surface area contributed by atoms with Gasteiger partial charge >= 0.3 is 0 Å². The van der Waals surface area contributed by atoms with E-state index in [1.807, 2.05) is 89.5 Å². The van der Waals surface area contributed by atoms with Gasteiger partial charge in [0.05, 0.1) is 16.0 Å². The molecule has 0 unspecified atom stereocenters. The van der Waals surface area contributed by atoms with E-state index in [0.29, 0.717) is 27.8 Å². The van der Waals surface area contributed by atoms with Crippen LogP contribution < -0.4 is 10.1 Å². The number of hydrogen-bond acceptors (Lipinski definition) is 8. The van der Waals surface area contributed by atoms with Gasteiger partial charge in [-0.1, -0.05) is 105 Å². The van der Waals surface area contributed by atoms with Crippen LogP contribution in [0.1, 0.15) is 37.7 Å². The fraction of sp³-hybridized carbons (Fsp3) is 0.179. The van der Waals surface area contributed by atoms with Crippen molar-refractivity contribution in [2.24, 2.45) is 0 Å². The smallest absolute Gasteiger partial charge is 0.234 e. The minimum atomic E-state index is -0.215. The number of amides is 1. The highest BCUT2D eigenvalue weighted by molar-refractivity contribution is 8.00. The number of carbonyl (C=O) groups excluding carboxylic acids is 1. The minimum Gasteiger partial charge on any atom is -0.486 e. The molecule has 50 heavy (non-hydrogen) atoms. The second-order valence-corrected chi connectivity index (χ2v) is 15.9. The van der Waals surface area contributed by atoms with Crippen molar-refractivity contribution in [1.29, 1.82) is 0 Å². The predicted molar refractivity (Wildman–Crippen MR) is 203 cm³/mol. The maximum atomic E-state index is 14.3. The number of ether oxygens (including phenoxy) is 1. The topological polar surface area (TPSA) is 81.9 Å². The summed E-state index contributed by atoms with van der Waals surface area (Å²) >= 11 is 4.51. The van der Waals surface area contributed by atoms with E-state index in [-0.39, 0.29) is 29.5 Å². The largest absolute Gasteiger partial charge is 0.486 e. The van der Waals surface area contributed by atoms with E-state index in [4.69, 9.17) is 9.72 Å². The first-order valence-electron chi connectivity index (χ1n) is 16.1. The van der Waals surface area contributed by atoms with Crippen LogP contribution in [-0.4, -0.2) is 31.4 Å². The Kier molecular flexibility index (Phi) is 9.89. The molecule has 5 aromatic carbocycles. The first kappa shape index (κ1) is 33.8. The van der Waals surface area contributed by atoms with Gasteiger partial charge in [0.2, 0.25) is 5.91 Å². The Morgan fingerprint density at radius 1 is 0.880 bits per heavy atom. The molecule has 0 radical (unpaired) electrons. The van der Waals surface area contributed by atoms with Gasteiger partial charge in [-0.2, -0.15) is 0 Å². The summed E-state index contributed by atoms with van der Waals surface area (Å²) in [5, 5.41) is 14.0. The van der Waals surface area contributed by atoms with Gasteiger partial charge in [-0.25, -0.2) is 9.37 Å². The molecule has 11 heteroatoms. The second-order valence-electron chi connectivity index (χ2n) is 12.7. The van der Waals surface area contributed by atoms with Crippen molar-refractivity contribution >= 4 is 67.4 Å². The highest BCUT2D eigenvalue weighted by Crippen LogP contribution is 2.35. The molecule has 1 amide bonds. The van der Waals surface area contributed by atoms with Crippen LogP contribution in [-0.2, 0) is 22.6 Å². The lowest BCUT2D eigenvalue weighted by molar-refractivity contribution is -0.113. The molecule has 0 bridgehead atoms. The van der Waals surface area contributed by atoms with Crippen LogP contribution in [0.5, 0.6) is 5.75 Å². The van der Waals surface area contributed by atoms with Gasteiger partial charge in [-0.15, -0.1) is 21.5 Å². The van der Waals surface area contributed by atoms with E-state index in [1.54, 1.807) is 29.2 Å². The van der Waals surface area contributed by atoms with Crippen LogP contribution in [0.25, 0.3) is 26.7 Å². The zero-order valence-corrected chi connectivity index (χ0v) is 30.2. The van der Waals surface area contributed by atoms with Gasteiger partial charge in [-0.3, -0.25) is 9.36 Å². The molecule has 0 aliphatic heterocycles. The lowest BCUT2D eigenvalue weighted by atomic mass is 9.87. The number of thioether (sulfide) groups is 2. The molecule has 0 spiro atoms. The SMILES string of the molecule is CC(C)(C)c1ccc(OCc2nnc(SCC(=O)Nc3ccc4nc(SCc5ccc(F)c6ccccc56)sc4c3)n2-c2ccccc2)cc1. The molecule has 1 N–H and O–H groups in total. The molecule has 0 aliphatic carbocycles. The number of anilines is 1. The van der Waals surface area contributed by atoms with Crippen molar-refractivity contribution in [2.75, 3.05) is 11.1 Å². The Hall–Kier alpha value is -4.71. The normalized spacial score (nSPS) is 11.7. The van der Waals surface area contributed by atoms with Crippen molar-refractivity contribution in [3.05, 3.63) is 132 Å². The van der Waals surface area contributed by atoms with Gasteiger partial charge in [0.1, 0.15) is 18.2 Å². The van der Waals surface area contributed by atoms with Gasteiger partial charge < -0.3 is 10.1 Å². The molecule has 0 saturated carbocycles. The maximum absolute atomic E-state index is 14.3. The van der Waals surface area contributed by atoms with Gasteiger partial charge in [0.25, 0.3) is 0 Å². The van der Waals surface area contributed by atoms with Crippen LogP contribution in [0.2, 0.25) is 0 Å². The molecule has 0 atom stereocenters. The third-order valence-corrected chi connectivity index (χ3v) is 11.2. The van der Waals surface area contributed by atoms with E-state index < -0.39 is 0 Å². The Labute approximate surface area is 302 Å². The molecule has 0 saturated heterocycles. The molecule has 0 fully saturated rings. The van der Waals surface area contributed by atoms with Crippen molar-refractivity contribution < 1.29 is 13.9 Å². The number of carbonyl (C=O) groups is 1. The quantitative estimate of drug-likeness (QED) is 0.133. The molecule has 252 valence electrons. The van der Waals surface area contributed by atoms with Crippen LogP contribution in [0.15, 0.2) is 119 Å². The molecule has 0 aliphatic rings. The lowest BCUT2D eigenvalue weighted by Crippen LogP contribution is -2.14. The van der Waals surface area contributed by atoms with Crippen LogP contribution in [0.4, 0.5) is 10.1 Å². The molecule has 7 rings (SSSR count). The summed E-state index contributed by atoms with van der Waals surface area (Å²) in [6, 6.07) is 34.6. The van der Waals surface area contributed by atoms with E-state index in [1.165, 1.54) is 23.4 Å². The average molecular weight is 720 g/mol. The van der Waals surface area contributed by atoms with Crippen molar-refractivity contribution in [3.63, 3.8) is 0 Å². The number of nitrogens with zero attached hydrogens (tertiary/aromatic N) is 4. The molecule has 7 aromatic rings. The number of nitrogens with one attached hydrogen (secondary N) is 1. The number of fused-ring (bicyclic) bond motifs is 2. The first-order valence-corrected chi connectivity index (χ1v) is 18.9. The fourth-order valence-corrected chi connectivity index (χ4v) is 8.37.